The van der Waals surface area contributed by atoms with E-state index in [-0.39, 0.29) is 11.5 Å². The first kappa shape index (κ1) is 26.4. The maximum absolute atomic E-state index is 13.9. The second kappa shape index (κ2) is 12.1. The Morgan fingerprint density at radius 3 is 2.33 bits per heavy atom. The lowest BCUT2D eigenvalue weighted by molar-refractivity contribution is 0.0933. The third kappa shape index (κ3) is 6.62. The molecular formula is C32H29FN4OS. The summed E-state index contributed by atoms with van der Waals surface area (Å²) in [7, 11) is 0. The van der Waals surface area contributed by atoms with Gasteiger partial charge in [0.05, 0.1) is 6.04 Å². The summed E-state index contributed by atoms with van der Waals surface area (Å²) in [5, 5.41) is 13.0. The molecule has 0 fully saturated rings. The molecule has 5 rings (SSSR count). The van der Waals surface area contributed by atoms with E-state index >= 15 is 0 Å². The van der Waals surface area contributed by atoms with Crippen LogP contribution in [-0.2, 0) is 12.2 Å². The fourth-order valence-electron chi connectivity index (χ4n) is 4.41. The molecule has 196 valence electrons. The second-order valence-corrected chi connectivity index (χ2v) is 10.5. The summed E-state index contributed by atoms with van der Waals surface area (Å²) >= 11 is 1.60. The Morgan fingerprint density at radius 1 is 0.846 bits per heavy atom. The SMILES string of the molecule is Cc1ccc(-n2c(SCc3cccc(C)c3)nnc2C(Cc2ccccc2)NC(=O)c2cccc(F)c2)cc1. The molecule has 0 aliphatic carbocycles. The number of aromatic nitrogens is 3. The van der Waals surface area contributed by atoms with Crippen LogP contribution in [-0.4, -0.2) is 20.7 Å². The van der Waals surface area contributed by atoms with Gasteiger partial charge in [0.25, 0.3) is 5.91 Å². The molecule has 0 aliphatic heterocycles. The zero-order valence-corrected chi connectivity index (χ0v) is 22.7. The van der Waals surface area contributed by atoms with Gasteiger partial charge in [0.15, 0.2) is 11.0 Å². The number of thioether (sulfide) groups is 1. The van der Waals surface area contributed by atoms with Gasteiger partial charge >= 0.3 is 0 Å². The van der Waals surface area contributed by atoms with Crippen molar-refractivity contribution >= 4 is 17.7 Å². The molecule has 1 aromatic heterocycles. The van der Waals surface area contributed by atoms with Crippen molar-refractivity contribution in [2.24, 2.45) is 0 Å². The minimum atomic E-state index is -0.509. The van der Waals surface area contributed by atoms with Gasteiger partial charge in [-0.1, -0.05) is 95.7 Å². The van der Waals surface area contributed by atoms with Crippen LogP contribution in [0.4, 0.5) is 4.39 Å². The number of halogens is 1. The van der Waals surface area contributed by atoms with Crippen molar-refractivity contribution in [3.05, 3.63) is 143 Å². The van der Waals surface area contributed by atoms with E-state index in [2.05, 4.69) is 46.7 Å². The van der Waals surface area contributed by atoms with Crippen molar-refractivity contribution in [1.29, 1.82) is 0 Å². The average Bonchev–Trinajstić information content (AvgIpc) is 3.36. The zero-order chi connectivity index (χ0) is 27.2. The molecule has 0 saturated heterocycles. The number of nitrogens with zero attached hydrogens (tertiary/aromatic N) is 3. The summed E-state index contributed by atoms with van der Waals surface area (Å²) in [6, 6.07) is 31.7. The van der Waals surface area contributed by atoms with E-state index in [1.807, 2.05) is 66.1 Å². The maximum atomic E-state index is 13.9. The number of carbonyl (C=O) groups is 1. The molecule has 4 aromatic carbocycles. The van der Waals surface area contributed by atoms with Crippen LogP contribution in [0, 0.1) is 19.7 Å². The van der Waals surface area contributed by atoms with E-state index in [1.165, 1.54) is 29.3 Å². The molecule has 7 heteroatoms. The number of hydrogen-bond acceptors (Lipinski definition) is 4. The standard InChI is InChI=1S/C32H29FN4OS/c1-22-14-16-28(17-15-22)37-30(35-36-32(37)39-21-25-11-6-8-23(2)18-25)29(19-24-9-4-3-5-10-24)34-31(38)26-12-7-13-27(33)20-26/h3-18,20,29H,19,21H2,1-2H3,(H,34,38). The van der Waals surface area contributed by atoms with Crippen molar-refractivity contribution in [3.8, 4) is 5.69 Å². The van der Waals surface area contributed by atoms with Crippen LogP contribution in [0.15, 0.2) is 108 Å². The van der Waals surface area contributed by atoms with Crippen molar-refractivity contribution in [3.63, 3.8) is 0 Å². The van der Waals surface area contributed by atoms with E-state index in [0.717, 1.165) is 27.7 Å². The summed E-state index contributed by atoms with van der Waals surface area (Å²) < 4.78 is 15.9. The van der Waals surface area contributed by atoms with Gasteiger partial charge in [0.2, 0.25) is 0 Å². The molecule has 0 aliphatic rings. The topological polar surface area (TPSA) is 59.8 Å². The highest BCUT2D eigenvalue weighted by atomic mass is 32.2. The molecule has 5 aromatic rings. The number of amides is 1. The minimum Gasteiger partial charge on any atom is -0.342 e. The first-order valence-corrected chi connectivity index (χ1v) is 13.8. The number of hydrogen-bond donors (Lipinski definition) is 1. The summed E-state index contributed by atoms with van der Waals surface area (Å²) in [6.07, 6.45) is 0.494. The molecule has 39 heavy (non-hydrogen) atoms. The van der Waals surface area contributed by atoms with Crippen molar-refractivity contribution in [2.75, 3.05) is 0 Å². The molecule has 1 amide bonds. The number of aryl methyl sites for hydroxylation is 2. The Bertz CT molecular complexity index is 1570. The van der Waals surface area contributed by atoms with Gasteiger partial charge in [0.1, 0.15) is 5.82 Å². The van der Waals surface area contributed by atoms with Crippen LogP contribution in [0.2, 0.25) is 0 Å². The summed E-state index contributed by atoms with van der Waals surface area (Å²) in [6.45, 7) is 4.12. The van der Waals surface area contributed by atoms with Crippen LogP contribution in [0.5, 0.6) is 0 Å². The fraction of sp³-hybridized carbons (Fsp3) is 0.156. The lowest BCUT2D eigenvalue weighted by Gasteiger charge is -2.20. The predicted octanol–water partition coefficient (Wildman–Crippen LogP) is 7.03. The Labute approximate surface area is 232 Å². The molecule has 1 N–H and O–H groups in total. The van der Waals surface area contributed by atoms with Gasteiger partial charge in [-0.05, 0) is 61.7 Å². The lowest BCUT2D eigenvalue weighted by Crippen LogP contribution is -2.32. The van der Waals surface area contributed by atoms with Crippen molar-refractivity contribution in [2.45, 2.75) is 37.2 Å². The van der Waals surface area contributed by atoms with Crippen LogP contribution < -0.4 is 5.32 Å². The molecular weight excluding hydrogens is 507 g/mol. The summed E-state index contributed by atoms with van der Waals surface area (Å²) in [4.78, 5) is 13.3. The molecule has 5 nitrogen and oxygen atoms in total. The van der Waals surface area contributed by atoms with E-state index in [1.54, 1.807) is 17.8 Å². The van der Waals surface area contributed by atoms with E-state index < -0.39 is 11.9 Å². The van der Waals surface area contributed by atoms with Gasteiger partial charge in [-0.2, -0.15) is 0 Å². The lowest BCUT2D eigenvalue weighted by atomic mass is 10.0. The Balaban J connectivity index is 1.54. The molecule has 0 radical (unpaired) electrons. The van der Waals surface area contributed by atoms with Crippen molar-refractivity contribution < 1.29 is 9.18 Å². The highest BCUT2D eigenvalue weighted by Gasteiger charge is 2.25. The average molecular weight is 537 g/mol. The van der Waals surface area contributed by atoms with Crippen LogP contribution >= 0.6 is 11.8 Å². The number of nitrogens with one attached hydrogen (secondary N) is 1. The largest absolute Gasteiger partial charge is 0.342 e. The highest BCUT2D eigenvalue weighted by molar-refractivity contribution is 7.98. The van der Waals surface area contributed by atoms with Gasteiger partial charge in [0, 0.05) is 17.0 Å². The molecule has 0 spiro atoms. The zero-order valence-electron chi connectivity index (χ0n) is 21.8. The molecule has 0 saturated carbocycles. The number of carbonyl (C=O) groups excluding carboxylic acids is 1. The summed E-state index contributed by atoms with van der Waals surface area (Å²) in [5.41, 5.74) is 5.74. The predicted molar refractivity (Wildman–Crippen MR) is 154 cm³/mol. The third-order valence-corrected chi connectivity index (χ3v) is 7.39. The fourth-order valence-corrected chi connectivity index (χ4v) is 5.32. The minimum absolute atomic E-state index is 0.253. The normalized spacial score (nSPS) is 11.8. The van der Waals surface area contributed by atoms with Crippen LogP contribution in [0.1, 0.15) is 44.5 Å². The highest BCUT2D eigenvalue weighted by Crippen LogP contribution is 2.29. The van der Waals surface area contributed by atoms with E-state index in [9.17, 15) is 9.18 Å². The number of rotatable bonds is 9. The summed E-state index contributed by atoms with van der Waals surface area (Å²) in [5.74, 6) is 0.506. The maximum Gasteiger partial charge on any atom is 0.251 e. The molecule has 1 atom stereocenters. The van der Waals surface area contributed by atoms with Crippen LogP contribution in [0.3, 0.4) is 0 Å². The van der Waals surface area contributed by atoms with E-state index in [4.69, 9.17) is 0 Å². The smallest absolute Gasteiger partial charge is 0.251 e. The number of benzene rings is 4. The molecule has 0 bridgehead atoms. The van der Waals surface area contributed by atoms with Gasteiger partial charge in [-0.15, -0.1) is 10.2 Å². The second-order valence-electron chi connectivity index (χ2n) is 9.52. The quantitative estimate of drug-likeness (QED) is 0.206. The first-order chi connectivity index (χ1) is 19.0. The van der Waals surface area contributed by atoms with E-state index in [0.29, 0.717) is 12.2 Å². The Kier molecular flexibility index (Phi) is 8.18. The van der Waals surface area contributed by atoms with Gasteiger partial charge < -0.3 is 5.32 Å². The van der Waals surface area contributed by atoms with Gasteiger partial charge in [-0.3, -0.25) is 9.36 Å². The van der Waals surface area contributed by atoms with Gasteiger partial charge in [-0.25, -0.2) is 4.39 Å². The molecule has 1 heterocycles. The van der Waals surface area contributed by atoms with Crippen LogP contribution in [0.25, 0.3) is 5.69 Å². The Morgan fingerprint density at radius 2 is 1.59 bits per heavy atom. The Hall–Kier alpha value is -4.23. The third-order valence-electron chi connectivity index (χ3n) is 6.39. The first-order valence-electron chi connectivity index (χ1n) is 12.8. The molecule has 1 unspecified atom stereocenters. The van der Waals surface area contributed by atoms with Crippen molar-refractivity contribution in [1.82, 2.24) is 20.1 Å². The monoisotopic (exact) mass is 536 g/mol.